The number of rotatable bonds is 3. The third-order valence-electron chi connectivity index (χ3n) is 3.22. The second-order valence-electron chi connectivity index (χ2n) is 6.13. The smallest absolute Gasteiger partial charge is 0.410 e. The van der Waals surface area contributed by atoms with Crippen LogP contribution in [0.25, 0.3) is 0 Å². The van der Waals surface area contributed by atoms with Crippen LogP contribution in [-0.4, -0.2) is 40.6 Å². The molecule has 0 aromatic carbocycles. The van der Waals surface area contributed by atoms with E-state index in [2.05, 4.69) is 0 Å². The molecule has 1 rings (SSSR count). The topological polar surface area (TPSA) is 66.8 Å². The molecular formula is C15H25NO4. The Bertz CT molecular complexity index is 387. The van der Waals surface area contributed by atoms with Crippen LogP contribution in [-0.2, 0) is 9.53 Å². The van der Waals surface area contributed by atoms with Crippen molar-refractivity contribution in [2.24, 2.45) is 5.92 Å². The van der Waals surface area contributed by atoms with E-state index in [1.54, 1.807) is 11.8 Å². The van der Waals surface area contributed by atoms with Gasteiger partial charge in [0.15, 0.2) is 5.78 Å². The highest BCUT2D eigenvalue weighted by Gasteiger charge is 2.28. The number of hydrogen-bond donors (Lipinski definition) is 1. The molecule has 20 heavy (non-hydrogen) atoms. The second-order valence-corrected chi connectivity index (χ2v) is 6.13. The van der Waals surface area contributed by atoms with Crippen LogP contribution in [0.15, 0.2) is 11.8 Å². The second kappa shape index (κ2) is 6.77. The highest BCUT2D eigenvalue weighted by atomic mass is 16.6. The number of allylic oxidation sites excluding steroid dienone is 2. The van der Waals surface area contributed by atoms with Gasteiger partial charge < -0.3 is 14.7 Å². The van der Waals surface area contributed by atoms with Crippen LogP contribution in [0.2, 0.25) is 0 Å². The molecule has 0 bridgehead atoms. The molecule has 0 aromatic heterocycles. The van der Waals surface area contributed by atoms with Gasteiger partial charge in [-0.3, -0.25) is 4.79 Å². The number of nitrogens with zero attached hydrogens (tertiary/aromatic N) is 1. The summed E-state index contributed by atoms with van der Waals surface area (Å²) in [5, 5.41) is 9.89. The van der Waals surface area contributed by atoms with Gasteiger partial charge in [0.25, 0.3) is 0 Å². The number of carbonyl (C=O) groups excluding carboxylic acids is 2. The van der Waals surface area contributed by atoms with Crippen LogP contribution in [0, 0.1) is 5.92 Å². The Morgan fingerprint density at radius 3 is 2.30 bits per heavy atom. The lowest BCUT2D eigenvalue weighted by Crippen LogP contribution is -2.42. The fourth-order valence-corrected chi connectivity index (χ4v) is 2.07. The number of amides is 1. The molecule has 0 spiro atoms. The highest BCUT2D eigenvalue weighted by molar-refractivity contribution is 5.89. The number of ether oxygens (including phenoxy) is 1. The first-order chi connectivity index (χ1) is 9.23. The maximum Gasteiger partial charge on any atom is 0.410 e. The molecule has 1 fully saturated rings. The SMILES string of the molecule is CCC(=O)/C=C(\O)C1CCN(C(=O)OC(C)(C)C)CC1. The van der Waals surface area contributed by atoms with Crippen LogP contribution in [0.3, 0.4) is 0 Å². The van der Waals surface area contributed by atoms with E-state index in [0.29, 0.717) is 32.4 Å². The molecule has 114 valence electrons. The molecule has 1 N–H and O–H groups in total. The molecule has 1 amide bonds. The quantitative estimate of drug-likeness (QED) is 0.638. The maximum atomic E-state index is 11.9. The summed E-state index contributed by atoms with van der Waals surface area (Å²) in [6.45, 7) is 8.35. The largest absolute Gasteiger partial charge is 0.512 e. The summed E-state index contributed by atoms with van der Waals surface area (Å²) in [4.78, 5) is 24.8. The van der Waals surface area contributed by atoms with E-state index in [1.807, 2.05) is 20.8 Å². The fraction of sp³-hybridized carbons (Fsp3) is 0.733. The first-order valence-electron chi connectivity index (χ1n) is 7.14. The monoisotopic (exact) mass is 283 g/mol. The van der Waals surface area contributed by atoms with E-state index < -0.39 is 5.60 Å². The van der Waals surface area contributed by atoms with E-state index in [9.17, 15) is 14.7 Å². The van der Waals surface area contributed by atoms with E-state index >= 15 is 0 Å². The zero-order chi connectivity index (χ0) is 15.3. The Labute approximate surface area is 120 Å². The molecule has 0 atom stereocenters. The zero-order valence-corrected chi connectivity index (χ0v) is 12.8. The minimum absolute atomic E-state index is 0.0378. The summed E-state index contributed by atoms with van der Waals surface area (Å²) in [5.74, 6) is 0.0296. The Morgan fingerprint density at radius 2 is 1.85 bits per heavy atom. The number of piperidine rings is 1. The summed E-state index contributed by atoms with van der Waals surface area (Å²) in [7, 11) is 0. The molecular weight excluding hydrogens is 258 g/mol. The highest BCUT2D eigenvalue weighted by Crippen LogP contribution is 2.24. The van der Waals surface area contributed by atoms with Gasteiger partial charge in [-0.15, -0.1) is 0 Å². The molecule has 0 saturated carbocycles. The third-order valence-corrected chi connectivity index (χ3v) is 3.22. The molecule has 5 heteroatoms. The average Bonchev–Trinajstić information content (AvgIpc) is 2.36. The van der Waals surface area contributed by atoms with E-state index in [1.165, 1.54) is 6.08 Å². The van der Waals surface area contributed by atoms with Gasteiger partial charge in [0.05, 0.1) is 5.76 Å². The van der Waals surface area contributed by atoms with E-state index in [4.69, 9.17) is 4.74 Å². The van der Waals surface area contributed by atoms with Crippen molar-refractivity contribution in [1.29, 1.82) is 0 Å². The lowest BCUT2D eigenvalue weighted by atomic mass is 9.94. The lowest BCUT2D eigenvalue weighted by molar-refractivity contribution is -0.114. The van der Waals surface area contributed by atoms with Gasteiger partial charge in [-0.05, 0) is 33.6 Å². The summed E-state index contributed by atoms with van der Waals surface area (Å²) in [5.41, 5.74) is -0.497. The predicted octanol–water partition coefficient (Wildman–Crippen LogP) is 3.05. The van der Waals surface area contributed by atoms with Gasteiger partial charge in [-0.25, -0.2) is 4.79 Å². The van der Waals surface area contributed by atoms with Crippen LogP contribution in [0.4, 0.5) is 4.79 Å². The van der Waals surface area contributed by atoms with Gasteiger partial charge in [-0.1, -0.05) is 6.92 Å². The Kier molecular flexibility index (Phi) is 5.60. The Balaban J connectivity index is 2.50. The molecule has 0 aromatic rings. The molecule has 0 aliphatic carbocycles. The number of ketones is 1. The summed E-state index contributed by atoms with van der Waals surface area (Å²) >= 11 is 0. The summed E-state index contributed by atoms with van der Waals surface area (Å²) in [6, 6.07) is 0. The van der Waals surface area contributed by atoms with Crippen LogP contribution >= 0.6 is 0 Å². The van der Waals surface area contributed by atoms with Crippen LogP contribution in [0.1, 0.15) is 47.0 Å². The minimum atomic E-state index is -0.497. The molecule has 1 heterocycles. The van der Waals surface area contributed by atoms with E-state index in [0.717, 1.165) is 0 Å². The van der Waals surface area contributed by atoms with Gasteiger partial charge in [-0.2, -0.15) is 0 Å². The van der Waals surface area contributed by atoms with Gasteiger partial charge in [0.1, 0.15) is 5.60 Å². The number of aliphatic hydroxyl groups is 1. The maximum absolute atomic E-state index is 11.9. The molecule has 1 aliphatic heterocycles. The lowest BCUT2D eigenvalue weighted by Gasteiger charge is -2.33. The van der Waals surface area contributed by atoms with Gasteiger partial charge >= 0.3 is 6.09 Å². The Morgan fingerprint density at radius 1 is 1.30 bits per heavy atom. The van der Waals surface area contributed by atoms with Gasteiger partial charge in [0, 0.05) is 31.5 Å². The predicted molar refractivity (Wildman–Crippen MR) is 76.5 cm³/mol. The number of aliphatic hydroxyl groups excluding tert-OH is 1. The van der Waals surface area contributed by atoms with Gasteiger partial charge in [0.2, 0.25) is 0 Å². The normalized spacial score (nSPS) is 18.0. The number of hydrogen-bond acceptors (Lipinski definition) is 4. The third kappa shape index (κ3) is 5.23. The zero-order valence-electron chi connectivity index (χ0n) is 12.8. The molecule has 0 unspecified atom stereocenters. The van der Waals surface area contributed by atoms with Crippen molar-refractivity contribution in [3.8, 4) is 0 Å². The summed E-state index contributed by atoms with van der Waals surface area (Å²) < 4.78 is 5.31. The van der Waals surface area contributed by atoms with Crippen LogP contribution < -0.4 is 0 Å². The first-order valence-corrected chi connectivity index (χ1v) is 7.14. The number of likely N-dealkylation sites (tertiary alicyclic amines) is 1. The molecule has 0 radical (unpaired) electrons. The van der Waals surface area contributed by atoms with E-state index in [-0.39, 0.29) is 23.6 Å². The number of carbonyl (C=O) groups is 2. The standard InChI is InChI=1S/C15H25NO4/c1-5-12(17)10-13(18)11-6-8-16(9-7-11)14(19)20-15(2,3)4/h10-11,18H,5-9H2,1-4H3/b13-10-. The summed E-state index contributed by atoms with van der Waals surface area (Å²) in [6.07, 6.45) is 2.69. The van der Waals surface area contributed by atoms with Crippen molar-refractivity contribution in [3.05, 3.63) is 11.8 Å². The van der Waals surface area contributed by atoms with Crippen molar-refractivity contribution in [3.63, 3.8) is 0 Å². The first kappa shape index (κ1) is 16.5. The molecule has 1 aliphatic rings. The van der Waals surface area contributed by atoms with Crippen LogP contribution in [0.5, 0.6) is 0 Å². The molecule has 1 saturated heterocycles. The Hall–Kier alpha value is -1.52. The average molecular weight is 283 g/mol. The van der Waals surface area contributed by atoms with Crippen molar-refractivity contribution in [1.82, 2.24) is 4.90 Å². The van der Waals surface area contributed by atoms with Crippen molar-refractivity contribution in [2.45, 2.75) is 52.6 Å². The fourth-order valence-electron chi connectivity index (χ4n) is 2.07. The minimum Gasteiger partial charge on any atom is -0.512 e. The van der Waals surface area contributed by atoms with Crippen molar-refractivity contribution >= 4 is 11.9 Å². The van der Waals surface area contributed by atoms with Crippen molar-refractivity contribution in [2.75, 3.05) is 13.1 Å². The molecule has 5 nitrogen and oxygen atoms in total. The van der Waals surface area contributed by atoms with Crippen molar-refractivity contribution < 1.29 is 19.4 Å².